The van der Waals surface area contributed by atoms with Gasteiger partial charge in [-0.05, 0) is 42.7 Å². The van der Waals surface area contributed by atoms with Gasteiger partial charge in [-0.15, -0.1) is 0 Å². The van der Waals surface area contributed by atoms with Crippen LogP contribution in [0.25, 0.3) is 11.0 Å². The molecule has 0 amide bonds. The number of aliphatic imine (C=N–C) groups is 1. The van der Waals surface area contributed by atoms with Gasteiger partial charge in [-0.25, -0.2) is 9.98 Å². The molecular formula is C25H30N6O2. The van der Waals surface area contributed by atoms with Crippen LogP contribution in [0.5, 0.6) is 11.5 Å². The lowest BCUT2D eigenvalue weighted by atomic mass is 9.94. The molecule has 8 heteroatoms. The number of nitrogens with zero attached hydrogens (tertiary/aromatic N) is 5. The van der Waals surface area contributed by atoms with Crippen LogP contribution in [0.3, 0.4) is 0 Å². The van der Waals surface area contributed by atoms with Gasteiger partial charge in [0.05, 0.1) is 38.6 Å². The monoisotopic (exact) mass is 446 g/mol. The number of rotatable bonds is 4. The summed E-state index contributed by atoms with van der Waals surface area (Å²) in [6.07, 6.45) is 6.36. The van der Waals surface area contributed by atoms with E-state index >= 15 is 0 Å². The van der Waals surface area contributed by atoms with Crippen molar-refractivity contribution < 1.29 is 9.47 Å². The van der Waals surface area contributed by atoms with Gasteiger partial charge in [0.25, 0.3) is 0 Å². The number of hydrogen-bond acceptors (Lipinski definition) is 7. The van der Waals surface area contributed by atoms with Crippen molar-refractivity contribution in [3.8, 4) is 11.5 Å². The number of aromatic nitrogens is 2. The summed E-state index contributed by atoms with van der Waals surface area (Å²) in [5.74, 6) is 3.23. The molecule has 2 aliphatic heterocycles. The Kier molecular flexibility index (Phi) is 5.10. The predicted molar refractivity (Wildman–Crippen MR) is 129 cm³/mol. The maximum atomic E-state index is 5.59. The van der Waals surface area contributed by atoms with Gasteiger partial charge in [0, 0.05) is 6.04 Å². The van der Waals surface area contributed by atoms with Crippen LogP contribution >= 0.6 is 0 Å². The van der Waals surface area contributed by atoms with Crippen molar-refractivity contribution in [2.75, 3.05) is 32.5 Å². The number of methoxy groups -OCH3 is 2. The number of benzene rings is 2. The van der Waals surface area contributed by atoms with Gasteiger partial charge in [-0.3, -0.25) is 14.4 Å². The van der Waals surface area contributed by atoms with Gasteiger partial charge in [0.2, 0.25) is 11.9 Å². The molecule has 1 fully saturated rings. The average molecular weight is 447 g/mol. The molecule has 172 valence electrons. The molecule has 8 nitrogen and oxygen atoms in total. The second kappa shape index (κ2) is 8.26. The number of guanidine groups is 1. The number of nitrogens with one attached hydrogen (secondary N) is 1. The lowest BCUT2D eigenvalue weighted by Gasteiger charge is -2.44. The van der Waals surface area contributed by atoms with E-state index in [4.69, 9.17) is 19.5 Å². The van der Waals surface area contributed by atoms with Crippen LogP contribution in [0.15, 0.2) is 47.5 Å². The molecule has 0 radical (unpaired) electrons. The van der Waals surface area contributed by atoms with E-state index in [0.29, 0.717) is 17.5 Å². The third-order valence-corrected chi connectivity index (χ3v) is 7.14. The third kappa shape index (κ3) is 3.40. The van der Waals surface area contributed by atoms with Crippen LogP contribution in [0.1, 0.15) is 43.8 Å². The lowest BCUT2D eigenvalue weighted by Crippen LogP contribution is -2.59. The Balaban J connectivity index is 1.44. The summed E-state index contributed by atoms with van der Waals surface area (Å²) in [5.41, 5.74) is 3.14. The number of ether oxygens (including phenoxy) is 2. The Bertz CT molecular complexity index is 1200. The van der Waals surface area contributed by atoms with Gasteiger partial charge in [-0.1, -0.05) is 37.5 Å². The molecule has 1 aromatic heterocycles. The topological polar surface area (TPSA) is 67.2 Å². The first-order valence-electron chi connectivity index (χ1n) is 11.8. The van der Waals surface area contributed by atoms with Gasteiger partial charge in [0.15, 0.2) is 11.5 Å². The normalized spacial score (nSPS) is 21.2. The molecule has 3 aromatic rings. The van der Waals surface area contributed by atoms with Crippen LogP contribution in [-0.2, 0) is 0 Å². The maximum Gasteiger partial charge on any atom is 0.216 e. The predicted octanol–water partition coefficient (Wildman–Crippen LogP) is 3.93. The minimum atomic E-state index is -0.150. The smallest absolute Gasteiger partial charge is 0.216 e. The Hall–Kier alpha value is -3.26. The minimum absolute atomic E-state index is 0.150. The summed E-state index contributed by atoms with van der Waals surface area (Å²) in [4.78, 5) is 14.8. The summed E-state index contributed by atoms with van der Waals surface area (Å²) in [6, 6.07) is 15.0. The quantitative estimate of drug-likeness (QED) is 0.655. The number of para-hydroxylation sites is 2. The number of imidazole rings is 1. The fourth-order valence-corrected chi connectivity index (χ4v) is 5.41. The minimum Gasteiger partial charge on any atom is -0.493 e. The van der Waals surface area contributed by atoms with Gasteiger partial charge in [0.1, 0.15) is 6.17 Å². The number of fused-ring (bicyclic) bond motifs is 5. The molecule has 33 heavy (non-hydrogen) atoms. The van der Waals surface area contributed by atoms with Crippen LogP contribution in [0, 0.1) is 0 Å². The molecule has 0 saturated heterocycles. The number of hydrogen-bond donors (Lipinski definition) is 1. The molecule has 2 aromatic carbocycles. The first-order valence-corrected chi connectivity index (χ1v) is 11.8. The van der Waals surface area contributed by atoms with E-state index in [2.05, 4.69) is 43.9 Å². The Morgan fingerprint density at radius 3 is 2.61 bits per heavy atom. The largest absolute Gasteiger partial charge is 0.493 e. The van der Waals surface area contributed by atoms with E-state index in [1.165, 1.54) is 32.1 Å². The zero-order chi connectivity index (χ0) is 22.4. The first kappa shape index (κ1) is 20.4. The number of anilines is 1. The molecule has 6 rings (SSSR count). The lowest BCUT2D eigenvalue weighted by molar-refractivity contribution is 0.156. The standard InChI is InChI=1S/C25H30N6O2/c1-32-21-13-12-17(14-22(21)33-2)23-28-24-26-15-29(18-8-4-3-5-9-18)16-30(24)25-27-19-10-6-7-11-20(19)31(23)25/h6-7,10-14,18,23H,3-5,8-9,15-16H2,1-2H3,(H,26,28). The second-order valence-corrected chi connectivity index (χ2v) is 9.00. The van der Waals surface area contributed by atoms with E-state index in [-0.39, 0.29) is 6.17 Å². The zero-order valence-electron chi connectivity index (χ0n) is 19.2. The molecular weight excluding hydrogens is 416 g/mol. The highest BCUT2D eigenvalue weighted by atomic mass is 16.5. The van der Waals surface area contributed by atoms with Gasteiger partial charge < -0.3 is 14.8 Å². The molecule has 0 bridgehead atoms. The maximum absolute atomic E-state index is 5.59. The summed E-state index contributed by atoms with van der Waals surface area (Å²) >= 11 is 0. The molecule has 1 aliphatic carbocycles. The fourth-order valence-electron chi connectivity index (χ4n) is 5.41. The molecule has 0 spiro atoms. The fraction of sp³-hybridized carbons (Fsp3) is 0.440. The van der Waals surface area contributed by atoms with Crippen LogP contribution in [0.2, 0.25) is 0 Å². The van der Waals surface area contributed by atoms with E-state index in [0.717, 1.165) is 41.8 Å². The summed E-state index contributed by atoms with van der Waals surface area (Å²) in [6.45, 7) is 1.53. The van der Waals surface area contributed by atoms with Crippen molar-refractivity contribution in [3.05, 3.63) is 48.0 Å². The van der Waals surface area contributed by atoms with Crippen LogP contribution in [-0.4, -0.2) is 54.0 Å². The van der Waals surface area contributed by atoms with Crippen molar-refractivity contribution in [2.24, 2.45) is 4.99 Å². The highest BCUT2D eigenvalue weighted by Crippen LogP contribution is 2.37. The van der Waals surface area contributed by atoms with Crippen LogP contribution in [0.4, 0.5) is 5.95 Å². The van der Waals surface area contributed by atoms with Gasteiger partial charge >= 0.3 is 0 Å². The summed E-state index contributed by atoms with van der Waals surface area (Å²) in [7, 11) is 3.32. The molecule has 1 N–H and O–H groups in total. The van der Waals surface area contributed by atoms with E-state index in [9.17, 15) is 0 Å². The molecule has 3 heterocycles. The van der Waals surface area contributed by atoms with Gasteiger partial charge in [-0.2, -0.15) is 0 Å². The molecule has 1 unspecified atom stereocenters. The van der Waals surface area contributed by atoms with Crippen molar-refractivity contribution in [1.29, 1.82) is 0 Å². The SMILES string of the molecule is COc1ccc(C2NC3=NCN(C4CCCCC4)CN3c3nc4ccccc4n32)cc1OC. The van der Waals surface area contributed by atoms with E-state index in [1.54, 1.807) is 14.2 Å². The zero-order valence-corrected chi connectivity index (χ0v) is 19.2. The summed E-state index contributed by atoms with van der Waals surface area (Å²) < 4.78 is 13.3. The highest BCUT2D eigenvalue weighted by molar-refractivity contribution is 5.98. The second-order valence-electron chi connectivity index (χ2n) is 9.00. The molecule has 1 atom stereocenters. The van der Waals surface area contributed by atoms with Crippen molar-refractivity contribution in [2.45, 2.75) is 44.3 Å². The summed E-state index contributed by atoms with van der Waals surface area (Å²) in [5, 5.41) is 3.69. The van der Waals surface area contributed by atoms with Crippen LogP contribution < -0.4 is 19.7 Å². The first-order chi connectivity index (χ1) is 16.3. The third-order valence-electron chi connectivity index (χ3n) is 7.14. The van der Waals surface area contributed by atoms with Crippen molar-refractivity contribution >= 4 is 22.9 Å². The van der Waals surface area contributed by atoms with Crippen molar-refractivity contribution in [3.63, 3.8) is 0 Å². The van der Waals surface area contributed by atoms with E-state index in [1.807, 2.05) is 18.2 Å². The Morgan fingerprint density at radius 1 is 0.970 bits per heavy atom. The Labute approximate surface area is 193 Å². The van der Waals surface area contributed by atoms with E-state index < -0.39 is 0 Å². The molecule has 1 saturated carbocycles. The van der Waals surface area contributed by atoms with Crippen molar-refractivity contribution in [1.82, 2.24) is 19.8 Å². The molecule has 3 aliphatic rings. The average Bonchev–Trinajstić information content (AvgIpc) is 3.28. The Morgan fingerprint density at radius 2 is 1.79 bits per heavy atom. The highest BCUT2D eigenvalue weighted by Gasteiger charge is 2.37.